The maximum absolute atomic E-state index is 10.6. The van der Waals surface area contributed by atoms with Gasteiger partial charge in [-0.15, -0.1) is 0 Å². The van der Waals surface area contributed by atoms with Gasteiger partial charge in [0, 0.05) is 0 Å². The molecule has 0 radical (unpaired) electrons. The molecule has 4 heteroatoms. The Kier molecular flexibility index (Phi) is 3.24. The number of rotatable bonds is 4. The minimum Gasteiger partial charge on any atom is -0.480 e. The Morgan fingerprint density at radius 2 is 1.58 bits per heavy atom. The first kappa shape index (κ1) is 10.9. The summed E-state index contributed by atoms with van der Waals surface area (Å²) in [6, 6.07) is 0. The van der Waals surface area contributed by atoms with Crippen LogP contribution in [-0.2, 0) is 9.59 Å². The van der Waals surface area contributed by atoms with Crippen LogP contribution < -0.4 is 0 Å². The van der Waals surface area contributed by atoms with Gasteiger partial charge in [-0.2, -0.15) is 0 Å². The second-order valence-corrected chi connectivity index (χ2v) is 3.54. The van der Waals surface area contributed by atoms with E-state index in [9.17, 15) is 9.59 Å². The molecule has 4 nitrogen and oxygen atoms in total. The van der Waals surface area contributed by atoms with Gasteiger partial charge in [-0.3, -0.25) is 9.59 Å². The average molecular weight is 174 g/mol. The minimum absolute atomic E-state index is 0.0576. The van der Waals surface area contributed by atoms with E-state index in [0.717, 1.165) is 0 Å². The normalized spacial score (nSPS) is 11.7. The Labute approximate surface area is 71.2 Å². The van der Waals surface area contributed by atoms with E-state index in [-0.39, 0.29) is 12.3 Å². The van der Waals surface area contributed by atoms with E-state index in [4.69, 9.17) is 10.2 Å². The number of hydrogen-bond acceptors (Lipinski definition) is 2. The fraction of sp³-hybridized carbons (Fsp3) is 0.750. The fourth-order valence-electron chi connectivity index (χ4n) is 1.08. The molecule has 0 amide bonds. The average Bonchev–Trinajstić information content (AvgIpc) is 1.84. The molecular weight excluding hydrogens is 160 g/mol. The Balaban J connectivity index is 4.63. The molecule has 0 rings (SSSR count). The molecule has 0 aliphatic rings. The van der Waals surface area contributed by atoms with Gasteiger partial charge in [0.2, 0.25) is 0 Å². The van der Waals surface area contributed by atoms with Gasteiger partial charge in [0.15, 0.2) is 5.41 Å². The van der Waals surface area contributed by atoms with Crippen molar-refractivity contribution in [2.75, 3.05) is 0 Å². The van der Waals surface area contributed by atoms with Crippen LogP contribution in [0.4, 0.5) is 0 Å². The second-order valence-electron chi connectivity index (χ2n) is 3.54. The van der Waals surface area contributed by atoms with Crippen LogP contribution in [0.1, 0.15) is 27.2 Å². The Morgan fingerprint density at radius 3 is 1.67 bits per heavy atom. The van der Waals surface area contributed by atoms with Crippen LogP contribution in [-0.4, -0.2) is 22.2 Å². The lowest BCUT2D eigenvalue weighted by atomic mass is 9.82. The molecule has 0 spiro atoms. The van der Waals surface area contributed by atoms with Crippen molar-refractivity contribution in [3.8, 4) is 0 Å². The molecular formula is C8H14O4. The third-order valence-corrected chi connectivity index (χ3v) is 1.76. The van der Waals surface area contributed by atoms with Crippen molar-refractivity contribution < 1.29 is 19.8 Å². The van der Waals surface area contributed by atoms with Gasteiger partial charge >= 0.3 is 11.9 Å². The molecule has 0 aliphatic carbocycles. The molecule has 0 heterocycles. The number of aliphatic carboxylic acids is 2. The van der Waals surface area contributed by atoms with Gasteiger partial charge in [-0.25, -0.2) is 0 Å². The molecule has 0 aromatic rings. The Morgan fingerprint density at radius 1 is 1.25 bits per heavy atom. The topological polar surface area (TPSA) is 74.6 Å². The zero-order chi connectivity index (χ0) is 9.94. The minimum atomic E-state index is -1.64. The molecule has 12 heavy (non-hydrogen) atoms. The van der Waals surface area contributed by atoms with Crippen LogP contribution in [0.2, 0.25) is 0 Å². The van der Waals surface area contributed by atoms with Gasteiger partial charge in [0.1, 0.15) is 0 Å². The van der Waals surface area contributed by atoms with Crippen LogP contribution in [0.3, 0.4) is 0 Å². The third kappa shape index (κ3) is 2.22. The van der Waals surface area contributed by atoms with Crippen LogP contribution in [0.25, 0.3) is 0 Å². The predicted molar refractivity (Wildman–Crippen MR) is 42.8 cm³/mol. The maximum Gasteiger partial charge on any atom is 0.320 e. The highest BCUT2D eigenvalue weighted by Gasteiger charge is 2.41. The van der Waals surface area contributed by atoms with Crippen molar-refractivity contribution in [1.82, 2.24) is 0 Å². The van der Waals surface area contributed by atoms with E-state index in [1.165, 1.54) is 6.92 Å². The highest BCUT2D eigenvalue weighted by Crippen LogP contribution is 2.26. The third-order valence-electron chi connectivity index (χ3n) is 1.76. The summed E-state index contributed by atoms with van der Waals surface area (Å²) in [6.07, 6.45) is 0.150. The van der Waals surface area contributed by atoms with Gasteiger partial charge < -0.3 is 10.2 Å². The van der Waals surface area contributed by atoms with E-state index < -0.39 is 17.4 Å². The summed E-state index contributed by atoms with van der Waals surface area (Å²) in [4.78, 5) is 21.2. The molecule has 70 valence electrons. The molecule has 0 fully saturated rings. The second kappa shape index (κ2) is 3.56. The van der Waals surface area contributed by atoms with Crippen molar-refractivity contribution in [3.05, 3.63) is 0 Å². The van der Waals surface area contributed by atoms with Crippen molar-refractivity contribution >= 4 is 11.9 Å². The number of hydrogen-bond donors (Lipinski definition) is 2. The highest BCUT2D eigenvalue weighted by atomic mass is 16.4. The van der Waals surface area contributed by atoms with E-state index in [1.807, 2.05) is 0 Å². The zero-order valence-corrected chi connectivity index (χ0v) is 7.50. The molecule has 0 saturated heterocycles. The summed E-state index contributed by atoms with van der Waals surface area (Å²) in [5, 5.41) is 17.3. The van der Waals surface area contributed by atoms with E-state index >= 15 is 0 Å². The largest absolute Gasteiger partial charge is 0.480 e. The Bertz CT molecular complexity index is 181. The van der Waals surface area contributed by atoms with E-state index in [2.05, 4.69) is 0 Å². The molecule has 0 bridgehead atoms. The summed E-state index contributed by atoms with van der Waals surface area (Å²) in [7, 11) is 0. The van der Waals surface area contributed by atoms with Crippen molar-refractivity contribution in [2.45, 2.75) is 27.2 Å². The molecule has 0 atom stereocenters. The van der Waals surface area contributed by atoms with Gasteiger partial charge in [0.25, 0.3) is 0 Å². The summed E-state index contributed by atoms with van der Waals surface area (Å²) >= 11 is 0. The molecule has 0 aliphatic heterocycles. The Hall–Kier alpha value is -1.06. The van der Waals surface area contributed by atoms with Crippen molar-refractivity contribution in [1.29, 1.82) is 0 Å². The fourth-order valence-corrected chi connectivity index (χ4v) is 1.08. The number of carboxylic acids is 2. The lowest BCUT2D eigenvalue weighted by Gasteiger charge is -2.21. The first-order valence-electron chi connectivity index (χ1n) is 3.77. The van der Waals surface area contributed by atoms with Gasteiger partial charge in [-0.05, 0) is 19.3 Å². The highest BCUT2D eigenvalue weighted by molar-refractivity contribution is 5.97. The van der Waals surface area contributed by atoms with Crippen molar-refractivity contribution in [2.24, 2.45) is 11.3 Å². The molecule has 0 aromatic heterocycles. The number of carboxylic acid groups (broad SMARTS) is 2. The number of carbonyl (C=O) groups is 2. The SMILES string of the molecule is CC(C)CC(C)(C(=O)O)C(=O)O. The zero-order valence-electron chi connectivity index (χ0n) is 7.50. The van der Waals surface area contributed by atoms with Crippen LogP contribution in [0, 0.1) is 11.3 Å². The van der Waals surface area contributed by atoms with Gasteiger partial charge in [-0.1, -0.05) is 13.8 Å². The standard InChI is InChI=1S/C8H14O4/c1-5(2)4-8(3,6(9)10)7(11)12/h5H,4H2,1-3H3,(H,9,10)(H,11,12). The first-order valence-corrected chi connectivity index (χ1v) is 3.77. The summed E-state index contributed by atoms with van der Waals surface area (Å²) in [5.41, 5.74) is -1.64. The lowest BCUT2D eigenvalue weighted by Crippen LogP contribution is -2.37. The van der Waals surface area contributed by atoms with Crippen molar-refractivity contribution in [3.63, 3.8) is 0 Å². The van der Waals surface area contributed by atoms with E-state index in [0.29, 0.717) is 0 Å². The smallest absolute Gasteiger partial charge is 0.320 e. The summed E-state index contributed by atoms with van der Waals surface area (Å²) in [6.45, 7) is 4.83. The molecule has 0 aromatic carbocycles. The van der Waals surface area contributed by atoms with Crippen LogP contribution in [0.15, 0.2) is 0 Å². The summed E-state index contributed by atoms with van der Waals surface area (Å²) < 4.78 is 0. The van der Waals surface area contributed by atoms with Gasteiger partial charge in [0.05, 0.1) is 0 Å². The molecule has 0 saturated carbocycles. The maximum atomic E-state index is 10.6. The lowest BCUT2D eigenvalue weighted by molar-refractivity contribution is -0.164. The molecule has 2 N–H and O–H groups in total. The molecule has 0 unspecified atom stereocenters. The monoisotopic (exact) mass is 174 g/mol. The summed E-state index contributed by atoms with van der Waals surface area (Å²) in [5.74, 6) is -2.49. The first-order chi connectivity index (χ1) is 5.30. The van der Waals surface area contributed by atoms with Crippen LogP contribution in [0.5, 0.6) is 0 Å². The van der Waals surface area contributed by atoms with E-state index in [1.54, 1.807) is 13.8 Å². The van der Waals surface area contributed by atoms with Crippen LogP contribution >= 0.6 is 0 Å². The quantitative estimate of drug-likeness (QED) is 0.628. The predicted octanol–water partition coefficient (Wildman–Crippen LogP) is 1.21.